The molecule has 0 bridgehead atoms. The number of fused-ring (bicyclic) bond motifs is 1. The molecule has 6 heteroatoms. The summed E-state index contributed by atoms with van der Waals surface area (Å²) in [5.41, 5.74) is 4.77. The number of benzene rings is 2. The van der Waals surface area contributed by atoms with E-state index in [2.05, 4.69) is 23.1 Å². The van der Waals surface area contributed by atoms with Crippen LogP contribution in [0.15, 0.2) is 42.5 Å². The molecule has 2 aromatic rings. The van der Waals surface area contributed by atoms with Gasteiger partial charge in [-0.15, -0.1) is 0 Å². The predicted molar refractivity (Wildman–Crippen MR) is 121 cm³/mol. The Hall–Kier alpha value is -3.02. The van der Waals surface area contributed by atoms with Gasteiger partial charge in [-0.05, 0) is 54.7 Å². The number of anilines is 2. The van der Waals surface area contributed by atoms with Crippen molar-refractivity contribution >= 4 is 23.2 Å². The molecule has 0 aromatic heterocycles. The molecule has 1 atom stereocenters. The third-order valence-electron chi connectivity index (χ3n) is 6.89. The van der Waals surface area contributed by atoms with E-state index in [1.807, 2.05) is 34.1 Å². The van der Waals surface area contributed by atoms with E-state index in [-0.39, 0.29) is 17.7 Å². The van der Waals surface area contributed by atoms with Gasteiger partial charge >= 0.3 is 0 Å². The molecule has 0 saturated carbocycles. The van der Waals surface area contributed by atoms with Crippen LogP contribution in [0, 0.1) is 5.92 Å². The van der Waals surface area contributed by atoms with Crippen LogP contribution < -0.4 is 14.5 Å². The molecule has 31 heavy (non-hydrogen) atoms. The Morgan fingerprint density at radius 1 is 1.00 bits per heavy atom. The van der Waals surface area contributed by atoms with Gasteiger partial charge in [-0.25, -0.2) is 0 Å². The molecular formula is C25H29N3O3. The quantitative estimate of drug-likeness (QED) is 0.765. The van der Waals surface area contributed by atoms with Gasteiger partial charge in [0, 0.05) is 44.8 Å². The molecule has 0 radical (unpaired) electrons. The molecule has 1 aliphatic carbocycles. The summed E-state index contributed by atoms with van der Waals surface area (Å²) < 4.78 is 5.48. The maximum absolute atomic E-state index is 13.2. The van der Waals surface area contributed by atoms with Crippen molar-refractivity contribution in [3.63, 3.8) is 0 Å². The third kappa shape index (κ3) is 3.75. The summed E-state index contributed by atoms with van der Waals surface area (Å²) in [4.78, 5) is 31.9. The fraction of sp³-hybridized carbons (Fsp3) is 0.440. The lowest BCUT2D eigenvalue weighted by molar-refractivity contribution is -0.136. The number of amides is 2. The summed E-state index contributed by atoms with van der Waals surface area (Å²) in [6.07, 6.45) is 3.72. The number of ether oxygens (including phenoxy) is 1. The number of aryl methyl sites for hydroxylation is 2. The molecule has 2 fully saturated rings. The molecular weight excluding hydrogens is 390 g/mol. The SMILES string of the molecule is COc1ccccc1N1CCN(C(=O)C2CC(=O)N(c3ccc4c(c3)CCC4)C2)CC1. The van der Waals surface area contributed by atoms with Crippen LogP contribution in [0.25, 0.3) is 0 Å². The second-order valence-electron chi connectivity index (χ2n) is 8.70. The van der Waals surface area contributed by atoms with Gasteiger partial charge in [-0.2, -0.15) is 0 Å². The van der Waals surface area contributed by atoms with E-state index >= 15 is 0 Å². The number of hydrogen-bond donors (Lipinski definition) is 0. The molecule has 0 spiro atoms. The average Bonchev–Trinajstić information content (AvgIpc) is 3.44. The maximum atomic E-state index is 13.2. The van der Waals surface area contributed by atoms with Crippen LogP contribution in [-0.4, -0.2) is 56.5 Å². The van der Waals surface area contributed by atoms with Gasteiger partial charge < -0.3 is 19.4 Å². The minimum atomic E-state index is -0.251. The van der Waals surface area contributed by atoms with Gasteiger partial charge in [-0.3, -0.25) is 9.59 Å². The smallest absolute Gasteiger partial charge is 0.228 e. The Kier molecular flexibility index (Phi) is 5.30. The van der Waals surface area contributed by atoms with Crippen molar-refractivity contribution < 1.29 is 14.3 Å². The predicted octanol–water partition coefficient (Wildman–Crippen LogP) is 2.89. The minimum Gasteiger partial charge on any atom is -0.495 e. The second kappa shape index (κ2) is 8.25. The number of methoxy groups -OCH3 is 1. The first-order valence-electron chi connectivity index (χ1n) is 11.2. The number of carbonyl (C=O) groups excluding carboxylic acids is 2. The number of para-hydroxylation sites is 2. The lowest BCUT2D eigenvalue weighted by Gasteiger charge is -2.37. The number of hydrogen-bond acceptors (Lipinski definition) is 4. The van der Waals surface area contributed by atoms with Crippen LogP contribution in [-0.2, 0) is 22.4 Å². The van der Waals surface area contributed by atoms with Gasteiger partial charge in [0.2, 0.25) is 11.8 Å². The molecule has 3 aliphatic rings. The van der Waals surface area contributed by atoms with E-state index in [0.29, 0.717) is 26.1 Å². The topological polar surface area (TPSA) is 53.1 Å². The Morgan fingerprint density at radius 3 is 2.58 bits per heavy atom. The van der Waals surface area contributed by atoms with Crippen LogP contribution in [0.3, 0.4) is 0 Å². The standard InChI is InChI=1S/C25H29N3O3/c1-31-23-8-3-2-7-22(23)26-11-13-27(14-12-26)25(30)20-16-24(29)28(17-20)21-10-9-18-5-4-6-19(18)15-21/h2-3,7-10,15,20H,4-6,11-14,16-17H2,1H3. The molecule has 2 amide bonds. The van der Waals surface area contributed by atoms with Crippen molar-refractivity contribution in [2.45, 2.75) is 25.7 Å². The zero-order valence-corrected chi connectivity index (χ0v) is 18.0. The first-order chi connectivity index (χ1) is 15.1. The number of rotatable bonds is 4. The lowest BCUT2D eigenvalue weighted by Crippen LogP contribution is -2.50. The van der Waals surface area contributed by atoms with Crippen molar-refractivity contribution in [2.24, 2.45) is 5.92 Å². The first kappa shape index (κ1) is 19.9. The molecule has 6 nitrogen and oxygen atoms in total. The van der Waals surface area contributed by atoms with Crippen molar-refractivity contribution in [1.82, 2.24) is 4.90 Å². The van der Waals surface area contributed by atoms with E-state index in [1.54, 1.807) is 7.11 Å². The lowest BCUT2D eigenvalue weighted by atomic mass is 10.1. The highest BCUT2D eigenvalue weighted by Crippen LogP contribution is 2.32. The average molecular weight is 420 g/mol. The van der Waals surface area contributed by atoms with E-state index in [4.69, 9.17) is 4.74 Å². The Labute approximate surface area is 183 Å². The fourth-order valence-electron chi connectivity index (χ4n) is 5.17. The van der Waals surface area contributed by atoms with Crippen LogP contribution in [0.5, 0.6) is 5.75 Å². The summed E-state index contributed by atoms with van der Waals surface area (Å²) in [6, 6.07) is 14.3. The molecule has 2 saturated heterocycles. The Balaban J connectivity index is 1.22. The van der Waals surface area contributed by atoms with E-state index in [0.717, 1.165) is 43.1 Å². The monoisotopic (exact) mass is 419 g/mol. The summed E-state index contributed by atoms with van der Waals surface area (Å²) in [5.74, 6) is 0.771. The van der Waals surface area contributed by atoms with Gasteiger partial charge in [0.1, 0.15) is 5.75 Å². The van der Waals surface area contributed by atoms with Crippen molar-refractivity contribution in [3.05, 3.63) is 53.6 Å². The molecule has 2 aliphatic heterocycles. The molecule has 1 unspecified atom stereocenters. The summed E-state index contributed by atoms with van der Waals surface area (Å²) in [6.45, 7) is 3.35. The van der Waals surface area contributed by atoms with E-state index in [9.17, 15) is 9.59 Å². The molecule has 162 valence electrons. The van der Waals surface area contributed by atoms with Gasteiger partial charge in [0.15, 0.2) is 0 Å². The Bertz CT molecular complexity index is 997. The molecule has 0 N–H and O–H groups in total. The van der Waals surface area contributed by atoms with Crippen LogP contribution >= 0.6 is 0 Å². The fourth-order valence-corrected chi connectivity index (χ4v) is 5.17. The highest BCUT2D eigenvalue weighted by Gasteiger charge is 2.38. The molecule has 2 aromatic carbocycles. The van der Waals surface area contributed by atoms with Crippen molar-refractivity contribution in [2.75, 3.05) is 49.6 Å². The second-order valence-corrected chi connectivity index (χ2v) is 8.70. The summed E-state index contributed by atoms with van der Waals surface area (Å²) in [5, 5.41) is 0. The summed E-state index contributed by atoms with van der Waals surface area (Å²) in [7, 11) is 1.68. The summed E-state index contributed by atoms with van der Waals surface area (Å²) >= 11 is 0. The van der Waals surface area contributed by atoms with Crippen molar-refractivity contribution in [3.8, 4) is 5.75 Å². The zero-order chi connectivity index (χ0) is 21.4. The van der Waals surface area contributed by atoms with Crippen LogP contribution in [0.1, 0.15) is 24.0 Å². The number of carbonyl (C=O) groups is 2. The number of piperazine rings is 1. The van der Waals surface area contributed by atoms with Gasteiger partial charge in [0.25, 0.3) is 0 Å². The molecule has 2 heterocycles. The largest absolute Gasteiger partial charge is 0.495 e. The number of nitrogens with zero attached hydrogens (tertiary/aromatic N) is 3. The third-order valence-corrected chi connectivity index (χ3v) is 6.89. The maximum Gasteiger partial charge on any atom is 0.228 e. The first-order valence-corrected chi connectivity index (χ1v) is 11.2. The van der Waals surface area contributed by atoms with E-state index in [1.165, 1.54) is 17.5 Å². The highest BCUT2D eigenvalue weighted by atomic mass is 16.5. The zero-order valence-electron chi connectivity index (χ0n) is 18.0. The van der Waals surface area contributed by atoms with Gasteiger partial charge in [0.05, 0.1) is 18.7 Å². The minimum absolute atomic E-state index is 0.0592. The molecule has 5 rings (SSSR count). The Morgan fingerprint density at radius 2 is 1.77 bits per heavy atom. The van der Waals surface area contributed by atoms with Crippen LogP contribution in [0.4, 0.5) is 11.4 Å². The van der Waals surface area contributed by atoms with E-state index < -0.39 is 0 Å². The van der Waals surface area contributed by atoms with Gasteiger partial charge in [-0.1, -0.05) is 18.2 Å². The normalized spacial score (nSPS) is 20.9. The van der Waals surface area contributed by atoms with Crippen LogP contribution in [0.2, 0.25) is 0 Å². The highest BCUT2D eigenvalue weighted by molar-refractivity contribution is 6.00. The van der Waals surface area contributed by atoms with Crippen molar-refractivity contribution in [1.29, 1.82) is 0 Å².